The number of nitrogens with zero attached hydrogens (tertiary/aromatic N) is 1. The summed E-state index contributed by atoms with van der Waals surface area (Å²) in [4.78, 5) is 11.1. The second kappa shape index (κ2) is 3.37. The third-order valence-corrected chi connectivity index (χ3v) is 2.02. The van der Waals surface area contributed by atoms with Crippen molar-refractivity contribution in [1.82, 2.24) is 5.32 Å². The highest BCUT2D eigenvalue weighted by molar-refractivity contribution is 6.11. The molecule has 5 heteroatoms. The number of carbonyl (C=O) groups is 1. The van der Waals surface area contributed by atoms with Gasteiger partial charge in [0.05, 0.1) is 12.2 Å². The predicted molar refractivity (Wildman–Crippen MR) is 51.8 cm³/mol. The number of para-hydroxylation sites is 1. The molecule has 0 saturated heterocycles. The van der Waals surface area contributed by atoms with E-state index in [1.54, 1.807) is 18.2 Å². The molecule has 2 amide bonds. The van der Waals surface area contributed by atoms with Crippen LogP contribution in [0.5, 0.6) is 0 Å². The Labute approximate surface area is 80.4 Å². The van der Waals surface area contributed by atoms with Crippen molar-refractivity contribution in [2.45, 2.75) is 0 Å². The molecule has 0 fully saturated rings. The van der Waals surface area contributed by atoms with Gasteiger partial charge < -0.3 is 15.8 Å². The van der Waals surface area contributed by atoms with Gasteiger partial charge in [0.1, 0.15) is 5.71 Å². The van der Waals surface area contributed by atoms with Crippen molar-refractivity contribution < 1.29 is 10.0 Å². The third kappa shape index (κ3) is 1.39. The smallest absolute Gasteiger partial charge is 0.319 e. The normalized spacial score (nSPS) is 18.0. The summed E-state index contributed by atoms with van der Waals surface area (Å²) in [5.41, 5.74) is 1.82. The molecule has 1 aliphatic rings. The van der Waals surface area contributed by atoms with Gasteiger partial charge in [-0.25, -0.2) is 4.79 Å². The minimum Gasteiger partial charge on any atom is -0.411 e. The lowest BCUT2D eigenvalue weighted by Crippen LogP contribution is -2.29. The Morgan fingerprint density at radius 2 is 2.14 bits per heavy atom. The molecular formula is C9H9N3O2. The Bertz CT molecular complexity index is 401. The van der Waals surface area contributed by atoms with Crippen LogP contribution in [0.25, 0.3) is 0 Å². The van der Waals surface area contributed by atoms with Crippen LogP contribution in [0.15, 0.2) is 29.4 Å². The molecule has 0 unspecified atom stereocenters. The van der Waals surface area contributed by atoms with Crippen LogP contribution < -0.4 is 10.6 Å². The minimum atomic E-state index is -0.295. The monoisotopic (exact) mass is 191 g/mol. The van der Waals surface area contributed by atoms with E-state index in [2.05, 4.69) is 15.8 Å². The van der Waals surface area contributed by atoms with Crippen molar-refractivity contribution >= 4 is 17.4 Å². The summed E-state index contributed by atoms with van der Waals surface area (Å²) >= 11 is 0. The Balaban J connectivity index is 2.51. The number of rotatable bonds is 0. The summed E-state index contributed by atoms with van der Waals surface area (Å²) in [7, 11) is 0. The summed E-state index contributed by atoms with van der Waals surface area (Å²) in [6, 6.07) is 6.88. The number of oxime groups is 1. The molecule has 0 aromatic heterocycles. The van der Waals surface area contributed by atoms with Crippen LogP contribution in [0.1, 0.15) is 5.56 Å². The average molecular weight is 191 g/mol. The number of hydrogen-bond donors (Lipinski definition) is 3. The van der Waals surface area contributed by atoms with E-state index in [1.165, 1.54) is 0 Å². The van der Waals surface area contributed by atoms with Gasteiger partial charge in [0.25, 0.3) is 0 Å². The SMILES string of the molecule is O=C1NC/C(=N\O)c2ccccc2N1. The van der Waals surface area contributed by atoms with Gasteiger partial charge in [0.2, 0.25) is 0 Å². The van der Waals surface area contributed by atoms with Crippen molar-refractivity contribution in [2.75, 3.05) is 11.9 Å². The number of carbonyl (C=O) groups excluding carboxylic acids is 1. The van der Waals surface area contributed by atoms with Gasteiger partial charge in [-0.05, 0) is 6.07 Å². The third-order valence-electron chi connectivity index (χ3n) is 2.02. The Morgan fingerprint density at radius 1 is 1.36 bits per heavy atom. The zero-order valence-electron chi connectivity index (χ0n) is 7.32. The number of amides is 2. The molecule has 2 rings (SSSR count). The molecule has 0 atom stereocenters. The molecule has 0 spiro atoms. The van der Waals surface area contributed by atoms with Crippen molar-refractivity contribution in [3.05, 3.63) is 29.8 Å². The highest BCUT2D eigenvalue weighted by atomic mass is 16.4. The topological polar surface area (TPSA) is 73.7 Å². The van der Waals surface area contributed by atoms with Crippen LogP contribution >= 0.6 is 0 Å². The second-order valence-corrected chi connectivity index (χ2v) is 2.90. The summed E-state index contributed by atoms with van der Waals surface area (Å²) < 4.78 is 0. The number of fused-ring (bicyclic) bond motifs is 1. The van der Waals surface area contributed by atoms with Gasteiger partial charge in [-0.1, -0.05) is 23.4 Å². The largest absolute Gasteiger partial charge is 0.411 e. The molecule has 72 valence electrons. The fourth-order valence-corrected chi connectivity index (χ4v) is 1.36. The van der Waals surface area contributed by atoms with Crippen LogP contribution in [-0.2, 0) is 0 Å². The lowest BCUT2D eigenvalue weighted by molar-refractivity contribution is 0.253. The highest BCUT2D eigenvalue weighted by Crippen LogP contribution is 2.17. The Kier molecular flexibility index (Phi) is 2.06. The lowest BCUT2D eigenvalue weighted by atomic mass is 10.1. The van der Waals surface area contributed by atoms with E-state index in [4.69, 9.17) is 5.21 Å². The molecule has 1 aromatic rings. The number of benzene rings is 1. The molecule has 1 heterocycles. The number of hydrogen-bond acceptors (Lipinski definition) is 3. The zero-order valence-corrected chi connectivity index (χ0v) is 7.32. The molecule has 0 bridgehead atoms. The van der Waals surface area contributed by atoms with E-state index in [9.17, 15) is 4.79 Å². The number of urea groups is 1. The molecule has 1 aromatic carbocycles. The number of anilines is 1. The van der Waals surface area contributed by atoms with Crippen molar-refractivity contribution in [3.8, 4) is 0 Å². The zero-order chi connectivity index (χ0) is 9.97. The summed E-state index contributed by atoms with van der Waals surface area (Å²) in [6.45, 7) is 0.222. The Morgan fingerprint density at radius 3 is 2.93 bits per heavy atom. The van der Waals surface area contributed by atoms with E-state index >= 15 is 0 Å². The van der Waals surface area contributed by atoms with Crippen molar-refractivity contribution in [3.63, 3.8) is 0 Å². The van der Waals surface area contributed by atoms with Gasteiger partial charge >= 0.3 is 6.03 Å². The molecule has 0 saturated carbocycles. The van der Waals surface area contributed by atoms with Crippen LogP contribution in [0.3, 0.4) is 0 Å². The van der Waals surface area contributed by atoms with E-state index in [-0.39, 0.29) is 12.6 Å². The van der Waals surface area contributed by atoms with Crippen LogP contribution in [0.4, 0.5) is 10.5 Å². The molecule has 14 heavy (non-hydrogen) atoms. The Hall–Kier alpha value is -2.04. The fraction of sp³-hybridized carbons (Fsp3) is 0.111. The van der Waals surface area contributed by atoms with Crippen LogP contribution in [0.2, 0.25) is 0 Å². The lowest BCUT2D eigenvalue weighted by Gasteiger charge is -2.04. The van der Waals surface area contributed by atoms with Gasteiger partial charge in [0, 0.05) is 5.56 Å². The molecular weight excluding hydrogens is 182 g/mol. The summed E-state index contributed by atoms with van der Waals surface area (Å²) in [5, 5.41) is 17.1. The van der Waals surface area contributed by atoms with Gasteiger partial charge in [0.15, 0.2) is 0 Å². The maximum atomic E-state index is 11.1. The van der Waals surface area contributed by atoms with E-state index < -0.39 is 0 Å². The quantitative estimate of drug-likeness (QED) is 0.422. The maximum absolute atomic E-state index is 11.1. The minimum absolute atomic E-state index is 0.222. The molecule has 1 aliphatic heterocycles. The second-order valence-electron chi connectivity index (χ2n) is 2.90. The standard InChI is InChI=1S/C9H9N3O2/c13-9-10-5-8(12-14)6-3-1-2-4-7(6)11-9/h1-4,14H,5H2,(H2,10,11,13)/b12-8+. The first kappa shape index (κ1) is 8.55. The first-order valence-electron chi connectivity index (χ1n) is 4.16. The molecule has 0 radical (unpaired) electrons. The fourth-order valence-electron chi connectivity index (χ4n) is 1.36. The first-order chi connectivity index (χ1) is 6.81. The number of nitrogens with one attached hydrogen (secondary N) is 2. The van der Waals surface area contributed by atoms with Gasteiger partial charge in [-0.3, -0.25) is 0 Å². The van der Waals surface area contributed by atoms with Crippen molar-refractivity contribution in [1.29, 1.82) is 0 Å². The summed E-state index contributed by atoms with van der Waals surface area (Å²) in [5.74, 6) is 0. The van der Waals surface area contributed by atoms with Crippen LogP contribution in [-0.4, -0.2) is 23.5 Å². The maximum Gasteiger partial charge on any atom is 0.319 e. The van der Waals surface area contributed by atoms with Crippen LogP contribution in [0, 0.1) is 0 Å². The first-order valence-corrected chi connectivity index (χ1v) is 4.16. The van der Waals surface area contributed by atoms with Gasteiger partial charge in [-0.2, -0.15) is 0 Å². The van der Waals surface area contributed by atoms with Crippen molar-refractivity contribution in [2.24, 2.45) is 5.16 Å². The van der Waals surface area contributed by atoms with E-state index in [1.807, 2.05) is 6.07 Å². The van der Waals surface area contributed by atoms with E-state index in [0.29, 0.717) is 11.4 Å². The molecule has 3 N–H and O–H groups in total. The highest BCUT2D eigenvalue weighted by Gasteiger charge is 2.16. The van der Waals surface area contributed by atoms with Gasteiger partial charge in [-0.15, -0.1) is 0 Å². The average Bonchev–Trinajstić information content (AvgIpc) is 2.36. The van der Waals surface area contributed by atoms with E-state index in [0.717, 1.165) is 5.56 Å². The summed E-state index contributed by atoms with van der Waals surface area (Å²) in [6.07, 6.45) is 0. The predicted octanol–water partition coefficient (Wildman–Crippen LogP) is 1.00. The molecule has 5 nitrogen and oxygen atoms in total. The molecule has 0 aliphatic carbocycles.